The van der Waals surface area contributed by atoms with E-state index in [2.05, 4.69) is 0 Å². The van der Waals surface area contributed by atoms with Crippen LogP contribution in [0.4, 0.5) is 8.78 Å². The summed E-state index contributed by atoms with van der Waals surface area (Å²) >= 11 is 0. The predicted octanol–water partition coefficient (Wildman–Crippen LogP) is 2.08. The first-order chi connectivity index (χ1) is 7.63. The summed E-state index contributed by atoms with van der Waals surface area (Å²) in [4.78, 5) is 10.6. The lowest BCUT2D eigenvalue weighted by atomic mass is 10.0. The van der Waals surface area contributed by atoms with Crippen molar-refractivity contribution in [3.05, 3.63) is 35.6 Å². The number of carbonyl (C=O) groups excluding carboxylic acids is 1. The van der Waals surface area contributed by atoms with E-state index in [0.717, 1.165) is 0 Å². The van der Waals surface area contributed by atoms with Crippen molar-refractivity contribution < 1.29 is 18.3 Å². The first-order valence-corrected chi connectivity index (χ1v) is 4.85. The number of ether oxygens (including phenoxy) is 1. The van der Waals surface area contributed by atoms with E-state index in [4.69, 9.17) is 10.5 Å². The standard InChI is InChI=1S/C11H13F2NO2/c12-7-16-10(4-5-11(14)15)8-2-1-3-9(13)6-8/h1-3,6,10H,4-5,7H2,(H2,14,15). The molecule has 3 nitrogen and oxygen atoms in total. The molecule has 0 spiro atoms. The summed E-state index contributed by atoms with van der Waals surface area (Å²) in [5, 5.41) is 0. The monoisotopic (exact) mass is 229 g/mol. The summed E-state index contributed by atoms with van der Waals surface area (Å²) in [6.07, 6.45) is -0.336. The Hall–Kier alpha value is -1.49. The van der Waals surface area contributed by atoms with Crippen LogP contribution >= 0.6 is 0 Å². The molecular formula is C11H13F2NO2. The van der Waals surface area contributed by atoms with Crippen LogP contribution in [0.2, 0.25) is 0 Å². The molecule has 1 aromatic carbocycles. The van der Waals surface area contributed by atoms with Crippen LogP contribution in [0.3, 0.4) is 0 Å². The molecule has 0 aliphatic carbocycles. The third kappa shape index (κ3) is 3.94. The molecule has 1 atom stereocenters. The highest BCUT2D eigenvalue weighted by molar-refractivity contribution is 5.73. The van der Waals surface area contributed by atoms with Crippen molar-refractivity contribution in [1.29, 1.82) is 0 Å². The molecule has 1 amide bonds. The van der Waals surface area contributed by atoms with Gasteiger partial charge in [-0.3, -0.25) is 4.79 Å². The van der Waals surface area contributed by atoms with Crippen molar-refractivity contribution in [3.8, 4) is 0 Å². The first-order valence-electron chi connectivity index (χ1n) is 4.85. The van der Waals surface area contributed by atoms with Gasteiger partial charge in [0, 0.05) is 6.42 Å². The normalized spacial score (nSPS) is 12.4. The average Bonchev–Trinajstić information content (AvgIpc) is 2.24. The van der Waals surface area contributed by atoms with Crippen molar-refractivity contribution in [2.24, 2.45) is 5.73 Å². The zero-order valence-electron chi connectivity index (χ0n) is 8.66. The van der Waals surface area contributed by atoms with E-state index in [0.29, 0.717) is 5.56 Å². The molecule has 88 valence electrons. The van der Waals surface area contributed by atoms with Crippen LogP contribution in [0, 0.1) is 5.82 Å². The van der Waals surface area contributed by atoms with E-state index in [-0.39, 0.29) is 12.8 Å². The smallest absolute Gasteiger partial charge is 0.217 e. The molecule has 16 heavy (non-hydrogen) atoms. The maximum absolute atomic E-state index is 12.9. The van der Waals surface area contributed by atoms with Crippen molar-refractivity contribution in [2.45, 2.75) is 18.9 Å². The number of alkyl halides is 1. The summed E-state index contributed by atoms with van der Waals surface area (Å²) in [5.41, 5.74) is 5.48. The molecule has 0 radical (unpaired) electrons. The van der Waals surface area contributed by atoms with E-state index in [1.807, 2.05) is 0 Å². The second-order valence-corrected chi connectivity index (χ2v) is 3.32. The van der Waals surface area contributed by atoms with Crippen LogP contribution in [0.1, 0.15) is 24.5 Å². The molecule has 1 rings (SSSR count). The predicted molar refractivity (Wildman–Crippen MR) is 54.6 cm³/mol. The highest BCUT2D eigenvalue weighted by Gasteiger charge is 2.13. The lowest BCUT2D eigenvalue weighted by Crippen LogP contribution is -2.13. The number of hydrogen-bond donors (Lipinski definition) is 1. The molecule has 1 unspecified atom stereocenters. The molecule has 5 heteroatoms. The lowest BCUT2D eigenvalue weighted by molar-refractivity contribution is -0.119. The number of primary amides is 1. The Kier molecular flexibility index (Phi) is 4.85. The third-order valence-electron chi connectivity index (χ3n) is 2.14. The zero-order valence-corrected chi connectivity index (χ0v) is 8.66. The van der Waals surface area contributed by atoms with Gasteiger partial charge in [-0.05, 0) is 24.1 Å². The number of benzene rings is 1. The van der Waals surface area contributed by atoms with E-state index in [1.54, 1.807) is 6.07 Å². The van der Waals surface area contributed by atoms with E-state index in [9.17, 15) is 13.6 Å². The third-order valence-corrected chi connectivity index (χ3v) is 2.14. The molecule has 0 bridgehead atoms. The minimum absolute atomic E-state index is 0.0706. The molecule has 0 aliphatic heterocycles. The highest BCUT2D eigenvalue weighted by Crippen LogP contribution is 2.23. The van der Waals surface area contributed by atoms with E-state index >= 15 is 0 Å². The lowest BCUT2D eigenvalue weighted by Gasteiger charge is -2.15. The van der Waals surface area contributed by atoms with Crippen molar-refractivity contribution in [2.75, 3.05) is 6.86 Å². The van der Waals surface area contributed by atoms with Gasteiger partial charge in [0.05, 0.1) is 6.10 Å². The summed E-state index contributed by atoms with van der Waals surface area (Å²) in [6, 6.07) is 5.65. The number of nitrogens with two attached hydrogens (primary N) is 1. The quantitative estimate of drug-likeness (QED) is 0.811. The Morgan fingerprint density at radius 3 is 2.81 bits per heavy atom. The molecule has 0 saturated carbocycles. The van der Waals surface area contributed by atoms with Gasteiger partial charge < -0.3 is 10.5 Å². The molecule has 2 N–H and O–H groups in total. The van der Waals surface area contributed by atoms with Crippen LogP contribution in [-0.4, -0.2) is 12.8 Å². The van der Waals surface area contributed by atoms with Gasteiger partial charge in [-0.1, -0.05) is 12.1 Å². The first kappa shape index (κ1) is 12.6. The van der Waals surface area contributed by atoms with Gasteiger partial charge in [-0.15, -0.1) is 0 Å². The van der Waals surface area contributed by atoms with Gasteiger partial charge in [-0.25, -0.2) is 8.78 Å². The number of amides is 1. The Bertz CT molecular complexity index is 358. The Morgan fingerprint density at radius 1 is 1.50 bits per heavy atom. The second kappa shape index (κ2) is 6.17. The number of carbonyl (C=O) groups is 1. The number of rotatable bonds is 6. The number of hydrogen-bond acceptors (Lipinski definition) is 2. The van der Waals surface area contributed by atoms with Gasteiger partial charge in [-0.2, -0.15) is 0 Å². The molecule has 0 aromatic heterocycles. The maximum atomic E-state index is 12.9. The maximum Gasteiger partial charge on any atom is 0.217 e. The molecule has 0 saturated heterocycles. The average molecular weight is 229 g/mol. The molecule has 1 aromatic rings. The Labute approximate surface area is 92.2 Å². The van der Waals surface area contributed by atoms with Gasteiger partial charge in [0.15, 0.2) is 6.86 Å². The van der Waals surface area contributed by atoms with E-state index < -0.39 is 24.7 Å². The van der Waals surface area contributed by atoms with Gasteiger partial charge in [0.1, 0.15) is 5.82 Å². The zero-order chi connectivity index (χ0) is 12.0. The largest absolute Gasteiger partial charge is 0.370 e. The van der Waals surface area contributed by atoms with Crippen molar-refractivity contribution >= 4 is 5.91 Å². The van der Waals surface area contributed by atoms with E-state index in [1.165, 1.54) is 18.2 Å². The van der Waals surface area contributed by atoms with Crippen LogP contribution < -0.4 is 5.73 Å². The number of halogens is 2. The van der Waals surface area contributed by atoms with Gasteiger partial charge >= 0.3 is 0 Å². The highest BCUT2D eigenvalue weighted by atomic mass is 19.1. The second-order valence-electron chi connectivity index (χ2n) is 3.32. The van der Waals surface area contributed by atoms with Crippen LogP contribution in [0.15, 0.2) is 24.3 Å². The minimum Gasteiger partial charge on any atom is -0.370 e. The fourth-order valence-corrected chi connectivity index (χ4v) is 1.40. The topological polar surface area (TPSA) is 52.3 Å². The summed E-state index contributed by atoms with van der Waals surface area (Å²) < 4.78 is 29.8. The Balaban J connectivity index is 2.72. The fraction of sp³-hybridized carbons (Fsp3) is 0.364. The Morgan fingerprint density at radius 2 is 2.25 bits per heavy atom. The molecular weight excluding hydrogens is 216 g/mol. The van der Waals surface area contributed by atoms with Crippen molar-refractivity contribution in [1.82, 2.24) is 0 Å². The SMILES string of the molecule is NC(=O)CCC(OCF)c1cccc(F)c1. The molecule has 0 aliphatic rings. The summed E-state index contributed by atoms with van der Waals surface area (Å²) in [7, 11) is 0. The van der Waals surface area contributed by atoms with Gasteiger partial charge in [0.2, 0.25) is 5.91 Å². The van der Waals surface area contributed by atoms with Crippen LogP contribution in [0.25, 0.3) is 0 Å². The minimum atomic E-state index is -0.986. The van der Waals surface area contributed by atoms with Crippen molar-refractivity contribution in [3.63, 3.8) is 0 Å². The summed E-state index contributed by atoms with van der Waals surface area (Å²) in [5.74, 6) is -0.923. The molecule has 0 heterocycles. The van der Waals surface area contributed by atoms with Crippen LogP contribution in [0.5, 0.6) is 0 Å². The van der Waals surface area contributed by atoms with Gasteiger partial charge in [0.25, 0.3) is 0 Å². The molecule has 0 fully saturated rings. The fourth-order valence-electron chi connectivity index (χ4n) is 1.40. The summed E-state index contributed by atoms with van der Waals surface area (Å²) in [6.45, 7) is -0.986. The van der Waals surface area contributed by atoms with Crippen LogP contribution in [-0.2, 0) is 9.53 Å².